The number of anilines is 1. The van der Waals surface area contributed by atoms with Crippen LogP contribution in [0.25, 0.3) is 0 Å². The van der Waals surface area contributed by atoms with E-state index in [2.05, 4.69) is 27.6 Å². The van der Waals surface area contributed by atoms with Crippen molar-refractivity contribution >= 4 is 31.6 Å². The summed E-state index contributed by atoms with van der Waals surface area (Å²) in [6, 6.07) is 3.27. The van der Waals surface area contributed by atoms with Crippen LogP contribution in [-0.2, 0) is 10.0 Å². The fourth-order valence-corrected chi connectivity index (χ4v) is 4.94. The third kappa shape index (κ3) is 3.60. The first-order valence-electron chi connectivity index (χ1n) is 7.35. The lowest BCUT2D eigenvalue weighted by molar-refractivity contribution is 0.285. The number of nitrogen functional groups attached to an aromatic ring is 1. The molecule has 1 aromatic carbocycles. The van der Waals surface area contributed by atoms with Crippen LogP contribution in [0.3, 0.4) is 0 Å². The Morgan fingerprint density at radius 3 is 2.52 bits per heavy atom. The third-order valence-electron chi connectivity index (χ3n) is 4.64. The molecule has 1 aliphatic rings. The number of hydrogen-bond acceptors (Lipinski definition) is 3. The molecule has 1 fully saturated rings. The first-order valence-corrected chi connectivity index (χ1v) is 9.62. The number of nitrogens with one attached hydrogen (secondary N) is 1. The standard InChI is InChI=1S/C15H23BrN2O2S/c1-3-15(6-4-5-7-15)10-18-21(19,20)14-9-13(17)12(16)8-11(14)2/h8-9,18H,3-7,10,17H2,1-2H3. The zero-order valence-electron chi connectivity index (χ0n) is 12.6. The molecule has 0 saturated heterocycles. The monoisotopic (exact) mass is 374 g/mol. The Balaban J connectivity index is 2.21. The van der Waals surface area contributed by atoms with Gasteiger partial charge in [-0.1, -0.05) is 19.8 Å². The number of nitrogens with two attached hydrogens (primary N) is 1. The van der Waals surface area contributed by atoms with E-state index in [4.69, 9.17) is 5.73 Å². The lowest BCUT2D eigenvalue weighted by Crippen LogP contribution is -2.35. The minimum atomic E-state index is -3.52. The minimum absolute atomic E-state index is 0.127. The van der Waals surface area contributed by atoms with Crippen LogP contribution >= 0.6 is 15.9 Å². The summed E-state index contributed by atoms with van der Waals surface area (Å²) in [4.78, 5) is 0.271. The van der Waals surface area contributed by atoms with Crippen molar-refractivity contribution in [2.45, 2.75) is 50.8 Å². The molecule has 4 nitrogen and oxygen atoms in total. The van der Waals surface area contributed by atoms with E-state index in [-0.39, 0.29) is 10.3 Å². The first-order chi connectivity index (χ1) is 9.80. The smallest absolute Gasteiger partial charge is 0.240 e. The van der Waals surface area contributed by atoms with Crippen LogP contribution in [0.1, 0.15) is 44.6 Å². The van der Waals surface area contributed by atoms with Gasteiger partial charge in [0.25, 0.3) is 0 Å². The molecule has 21 heavy (non-hydrogen) atoms. The van der Waals surface area contributed by atoms with Crippen LogP contribution in [0.2, 0.25) is 0 Å². The lowest BCUT2D eigenvalue weighted by Gasteiger charge is -2.27. The summed E-state index contributed by atoms with van der Waals surface area (Å²) in [6.45, 7) is 4.44. The van der Waals surface area contributed by atoms with Crippen molar-refractivity contribution in [2.24, 2.45) is 5.41 Å². The van der Waals surface area contributed by atoms with E-state index in [9.17, 15) is 8.42 Å². The molecule has 3 N–H and O–H groups in total. The molecule has 0 aromatic heterocycles. The maximum Gasteiger partial charge on any atom is 0.240 e. The summed E-state index contributed by atoms with van der Waals surface area (Å²) in [5.41, 5.74) is 7.08. The van der Waals surface area contributed by atoms with E-state index in [1.54, 1.807) is 13.0 Å². The molecule has 0 amide bonds. The summed E-state index contributed by atoms with van der Waals surface area (Å²) >= 11 is 3.32. The molecule has 0 unspecified atom stereocenters. The molecule has 1 aliphatic carbocycles. The average molecular weight is 375 g/mol. The van der Waals surface area contributed by atoms with E-state index in [0.29, 0.717) is 17.8 Å². The van der Waals surface area contributed by atoms with Gasteiger partial charge in [-0.25, -0.2) is 13.1 Å². The maximum atomic E-state index is 12.5. The molecule has 0 bridgehead atoms. The van der Waals surface area contributed by atoms with Crippen molar-refractivity contribution in [3.05, 3.63) is 22.2 Å². The first kappa shape index (κ1) is 16.8. The number of benzene rings is 1. The number of sulfonamides is 1. The molecule has 0 radical (unpaired) electrons. The van der Waals surface area contributed by atoms with Gasteiger partial charge in [0.2, 0.25) is 10.0 Å². The summed E-state index contributed by atoms with van der Waals surface area (Å²) in [5.74, 6) is 0. The summed E-state index contributed by atoms with van der Waals surface area (Å²) in [7, 11) is -3.52. The Labute approximate surface area is 135 Å². The van der Waals surface area contributed by atoms with Crippen LogP contribution in [0.15, 0.2) is 21.5 Å². The van der Waals surface area contributed by atoms with Crippen LogP contribution < -0.4 is 10.5 Å². The van der Waals surface area contributed by atoms with E-state index in [1.807, 2.05) is 0 Å². The van der Waals surface area contributed by atoms with Gasteiger partial charge in [-0.15, -0.1) is 0 Å². The second-order valence-electron chi connectivity index (χ2n) is 6.02. The molecule has 0 atom stereocenters. The molecule has 0 aliphatic heterocycles. The highest BCUT2D eigenvalue weighted by Crippen LogP contribution is 2.40. The van der Waals surface area contributed by atoms with Gasteiger partial charge < -0.3 is 5.73 Å². The summed E-state index contributed by atoms with van der Waals surface area (Å²) < 4.78 is 28.6. The zero-order chi connectivity index (χ0) is 15.7. The van der Waals surface area contributed by atoms with Crippen molar-refractivity contribution < 1.29 is 8.42 Å². The second kappa shape index (κ2) is 6.26. The van der Waals surface area contributed by atoms with E-state index < -0.39 is 10.0 Å². The summed E-state index contributed by atoms with van der Waals surface area (Å²) in [5, 5.41) is 0. The normalized spacial score (nSPS) is 18.0. The highest BCUT2D eigenvalue weighted by Gasteiger charge is 2.33. The largest absolute Gasteiger partial charge is 0.398 e. The molecular weight excluding hydrogens is 352 g/mol. The van der Waals surface area contributed by atoms with E-state index >= 15 is 0 Å². The van der Waals surface area contributed by atoms with Gasteiger partial charge >= 0.3 is 0 Å². The molecular formula is C15H23BrN2O2S. The third-order valence-corrected chi connectivity index (χ3v) is 6.87. The quantitative estimate of drug-likeness (QED) is 0.773. The SMILES string of the molecule is CCC1(CNS(=O)(=O)c2cc(N)c(Br)cc2C)CCCC1. The predicted octanol–water partition coefficient (Wildman–Crippen LogP) is 3.59. The fraction of sp³-hybridized carbons (Fsp3) is 0.600. The molecule has 2 rings (SSSR count). The Morgan fingerprint density at radius 2 is 1.95 bits per heavy atom. The van der Waals surface area contributed by atoms with Gasteiger partial charge in [-0.3, -0.25) is 0 Å². The van der Waals surface area contributed by atoms with Crippen molar-refractivity contribution in [3.8, 4) is 0 Å². The minimum Gasteiger partial charge on any atom is -0.398 e. The van der Waals surface area contributed by atoms with Gasteiger partial charge in [0.1, 0.15) is 0 Å². The van der Waals surface area contributed by atoms with Crippen molar-refractivity contribution in [1.29, 1.82) is 0 Å². The van der Waals surface area contributed by atoms with Gasteiger partial charge in [0.05, 0.1) is 4.90 Å². The Kier molecular flexibility index (Phi) is 5.00. The number of hydrogen-bond donors (Lipinski definition) is 2. The van der Waals surface area contributed by atoms with Crippen LogP contribution in [0.5, 0.6) is 0 Å². The highest BCUT2D eigenvalue weighted by atomic mass is 79.9. The average Bonchev–Trinajstić information content (AvgIpc) is 2.90. The summed E-state index contributed by atoms with van der Waals surface area (Å²) in [6.07, 6.45) is 5.61. The van der Waals surface area contributed by atoms with Crippen molar-refractivity contribution in [2.75, 3.05) is 12.3 Å². The topological polar surface area (TPSA) is 72.2 Å². The van der Waals surface area contributed by atoms with Gasteiger partial charge in [0.15, 0.2) is 0 Å². The fourth-order valence-electron chi connectivity index (χ4n) is 3.06. The lowest BCUT2D eigenvalue weighted by atomic mass is 9.84. The number of rotatable bonds is 5. The molecule has 6 heteroatoms. The molecule has 0 spiro atoms. The Morgan fingerprint density at radius 1 is 1.33 bits per heavy atom. The second-order valence-corrected chi connectivity index (χ2v) is 8.61. The van der Waals surface area contributed by atoms with Crippen LogP contribution in [0, 0.1) is 12.3 Å². The van der Waals surface area contributed by atoms with E-state index in [1.165, 1.54) is 18.9 Å². The molecule has 118 valence electrons. The predicted molar refractivity (Wildman–Crippen MR) is 89.7 cm³/mol. The molecule has 1 saturated carbocycles. The maximum absolute atomic E-state index is 12.5. The van der Waals surface area contributed by atoms with Gasteiger partial charge in [-0.2, -0.15) is 0 Å². The van der Waals surface area contributed by atoms with Gasteiger partial charge in [-0.05, 0) is 65.2 Å². The van der Waals surface area contributed by atoms with Crippen molar-refractivity contribution in [1.82, 2.24) is 4.72 Å². The highest BCUT2D eigenvalue weighted by molar-refractivity contribution is 9.10. The molecule has 0 heterocycles. The molecule has 1 aromatic rings. The van der Waals surface area contributed by atoms with E-state index in [0.717, 1.165) is 23.7 Å². The van der Waals surface area contributed by atoms with Crippen LogP contribution in [-0.4, -0.2) is 15.0 Å². The number of aryl methyl sites for hydroxylation is 1. The Hall–Kier alpha value is -0.590. The van der Waals surface area contributed by atoms with Crippen LogP contribution in [0.4, 0.5) is 5.69 Å². The van der Waals surface area contributed by atoms with Gasteiger partial charge in [0, 0.05) is 16.7 Å². The number of halogens is 1. The Bertz CT molecular complexity index is 623. The van der Waals surface area contributed by atoms with Crippen molar-refractivity contribution in [3.63, 3.8) is 0 Å². The zero-order valence-corrected chi connectivity index (χ0v) is 15.0.